The molecule has 0 aliphatic rings. The average molecular weight is 295 g/mol. The molecule has 0 saturated carbocycles. The molecule has 0 atom stereocenters. The molecule has 0 unspecified atom stereocenters. The fourth-order valence-corrected chi connectivity index (χ4v) is 3.15. The number of benzene rings is 1. The standard InChI is InChI=1S/C15H20OSe/c1-4-15(2,3)12-8-11-14(16)17-13-9-6-5-7-10-13/h4-7,9-10H,1,8,11-12H2,2-3H3. The van der Waals surface area contributed by atoms with Gasteiger partial charge in [0.25, 0.3) is 0 Å². The van der Waals surface area contributed by atoms with Gasteiger partial charge in [0.1, 0.15) is 0 Å². The van der Waals surface area contributed by atoms with Gasteiger partial charge >= 0.3 is 110 Å². The van der Waals surface area contributed by atoms with E-state index in [0.29, 0.717) is 11.1 Å². The minimum absolute atomic E-state index is 0.0143. The van der Waals surface area contributed by atoms with Crippen LogP contribution in [-0.4, -0.2) is 19.6 Å². The second-order valence-electron chi connectivity index (χ2n) is 4.83. The van der Waals surface area contributed by atoms with E-state index in [2.05, 4.69) is 20.4 Å². The third-order valence-electron chi connectivity index (χ3n) is 2.73. The normalized spacial score (nSPS) is 11.2. The van der Waals surface area contributed by atoms with Crippen LogP contribution in [0.3, 0.4) is 0 Å². The Labute approximate surface area is 110 Å². The van der Waals surface area contributed by atoms with E-state index in [1.165, 1.54) is 4.46 Å². The maximum absolute atomic E-state index is 11.8. The van der Waals surface area contributed by atoms with Gasteiger partial charge in [-0.3, -0.25) is 0 Å². The van der Waals surface area contributed by atoms with Crippen molar-refractivity contribution in [2.24, 2.45) is 5.41 Å². The second-order valence-corrected chi connectivity index (χ2v) is 7.21. The van der Waals surface area contributed by atoms with Gasteiger partial charge in [-0.25, -0.2) is 0 Å². The molecule has 1 rings (SSSR count). The zero-order valence-corrected chi connectivity index (χ0v) is 12.3. The van der Waals surface area contributed by atoms with Crippen LogP contribution in [0, 0.1) is 5.41 Å². The first-order valence-corrected chi connectivity index (χ1v) is 7.64. The second kappa shape index (κ2) is 6.78. The van der Waals surface area contributed by atoms with Crippen LogP contribution in [0.25, 0.3) is 0 Å². The SMILES string of the molecule is C=CC(C)(C)CCCC(=O)[Se]c1ccccc1. The molecule has 17 heavy (non-hydrogen) atoms. The Morgan fingerprint density at radius 2 is 2.00 bits per heavy atom. The summed E-state index contributed by atoms with van der Waals surface area (Å²) < 4.78 is 1.57. The van der Waals surface area contributed by atoms with Crippen LogP contribution in [0.5, 0.6) is 0 Å². The van der Waals surface area contributed by atoms with E-state index in [1.807, 2.05) is 36.4 Å². The monoisotopic (exact) mass is 296 g/mol. The molecule has 0 aliphatic carbocycles. The quantitative estimate of drug-likeness (QED) is 0.558. The van der Waals surface area contributed by atoms with Gasteiger partial charge in [-0.05, 0) is 0 Å². The van der Waals surface area contributed by atoms with Gasteiger partial charge in [-0.1, -0.05) is 0 Å². The van der Waals surface area contributed by atoms with Crippen molar-refractivity contribution in [1.29, 1.82) is 0 Å². The van der Waals surface area contributed by atoms with Crippen LogP contribution < -0.4 is 4.46 Å². The Bertz CT molecular complexity index is 368. The summed E-state index contributed by atoms with van der Waals surface area (Å²) in [5.41, 5.74) is 0.153. The van der Waals surface area contributed by atoms with Gasteiger partial charge in [-0.15, -0.1) is 0 Å². The first-order chi connectivity index (χ1) is 8.03. The van der Waals surface area contributed by atoms with Crippen molar-refractivity contribution >= 4 is 24.1 Å². The van der Waals surface area contributed by atoms with E-state index in [9.17, 15) is 4.79 Å². The van der Waals surface area contributed by atoms with Crippen molar-refractivity contribution in [3.05, 3.63) is 43.0 Å². The Kier molecular flexibility index (Phi) is 5.67. The molecule has 1 aromatic carbocycles. The molecule has 0 radical (unpaired) electrons. The van der Waals surface area contributed by atoms with Gasteiger partial charge in [0.15, 0.2) is 0 Å². The van der Waals surface area contributed by atoms with Gasteiger partial charge in [0, 0.05) is 0 Å². The van der Waals surface area contributed by atoms with Crippen molar-refractivity contribution in [1.82, 2.24) is 0 Å². The summed E-state index contributed by atoms with van der Waals surface area (Å²) in [6.07, 6.45) is 4.67. The summed E-state index contributed by atoms with van der Waals surface area (Å²) in [7, 11) is 0. The molecule has 0 bridgehead atoms. The van der Waals surface area contributed by atoms with Crippen molar-refractivity contribution < 1.29 is 4.79 Å². The number of carbonyl (C=O) groups is 1. The van der Waals surface area contributed by atoms with Gasteiger partial charge in [0.2, 0.25) is 0 Å². The van der Waals surface area contributed by atoms with Crippen LogP contribution in [0.2, 0.25) is 0 Å². The van der Waals surface area contributed by atoms with E-state index in [0.717, 1.165) is 12.8 Å². The van der Waals surface area contributed by atoms with Gasteiger partial charge in [-0.2, -0.15) is 0 Å². The number of hydrogen-bond donors (Lipinski definition) is 0. The van der Waals surface area contributed by atoms with E-state index < -0.39 is 0 Å². The molecule has 1 aromatic rings. The molecule has 0 spiro atoms. The molecule has 0 aliphatic heterocycles. The first-order valence-electron chi connectivity index (χ1n) is 5.93. The van der Waals surface area contributed by atoms with Crippen molar-refractivity contribution in [3.8, 4) is 0 Å². The molecule has 2 heteroatoms. The summed E-state index contributed by atoms with van der Waals surface area (Å²) in [5, 5.41) is 0. The minimum atomic E-state index is -0.0143. The topological polar surface area (TPSA) is 17.1 Å². The predicted octanol–water partition coefficient (Wildman–Crippen LogP) is 2.93. The summed E-state index contributed by atoms with van der Waals surface area (Å²) >= 11 is -0.0143. The van der Waals surface area contributed by atoms with Crippen LogP contribution in [0.15, 0.2) is 43.0 Å². The average Bonchev–Trinajstić information content (AvgIpc) is 2.30. The van der Waals surface area contributed by atoms with Crippen LogP contribution >= 0.6 is 0 Å². The van der Waals surface area contributed by atoms with E-state index >= 15 is 0 Å². The van der Waals surface area contributed by atoms with E-state index in [1.54, 1.807) is 0 Å². The van der Waals surface area contributed by atoms with Gasteiger partial charge < -0.3 is 0 Å². The third kappa shape index (κ3) is 5.86. The summed E-state index contributed by atoms with van der Waals surface area (Å²) in [6.45, 7) is 8.14. The molecule has 92 valence electrons. The molecular weight excluding hydrogens is 275 g/mol. The Hall–Kier alpha value is -0.851. The Morgan fingerprint density at radius 1 is 1.35 bits per heavy atom. The number of allylic oxidation sites excluding steroid dienone is 1. The fraction of sp³-hybridized carbons (Fsp3) is 0.400. The molecule has 0 fully saturated rings. The first kappa shape index (κ1) is 14.2. The zero-order valence-electron chi connectivity index (χ0n) is 10.6. The molecule has 0 amide bonds. The Morgan fingerprint density at radius 3 is 2.59 bits per heavy atom. The van der Waals surface area contributed by atoms with E-state index in [4.69, 9.17) is 0 Å². The molecule has 1 nitrogen and oxygen atoms in total. The van der Waals surface area contributed by atoms with Crippen LogP contribution in [-0.2, 0) is 4.79 Å². The fourth-order valence-electron chi connectivity index (χ4n) is 1.46. The van der Waals surface area contributed by atoms with Crippen LogP contribution in [0.4, 0.5) is 0 Å². The molecule has 0 saturated heterocycles. The molecular formula is C15H20OSe. The summed E-state index contributed by atoms with van der Waals surface area (Å²) in [4.78, 5) is 11.8. The molecule has 0 aromatic heterocycles. The van der Waals surface area contributed by atoms with Crippen molar-refractivity contribution in [3.63, 3.8) is 0 Å². The summed E-state index contributed by atoms with van der Waals surface area (Å²) in [6, 6.07) is 10.0. The maximum atomic E-state index is 11.8. The number of hydrogen-bond acceptors (Lipinski definition) is 1. The zero-order chi connectivity index (χ0) is 12.7. The van der Waals surface area contributed by atoms with Crippen molar-refractivity contribution in [2.45, 2.75) is 33.1 Å². The van der Waals surface area contributed by atoms with Crippen molar-refractivity contribution in [2.75, 3.05) is 0 Å². The summed E-state index contributed by atoms with van der Waals surface area (Å²) in [5.74, 6) is 0. The molecule has 0 heterocycles. The van der Waals surface area contributed by atoms with Crippen LogP contribution in [0.1, 0.15) is 33.1 Å². The van der Waals surface area contributed by atoms with E-state index in [-0.39, 0.29) is 20.4 Å². The number of carbonyl (C=O) groups excluding carboxylic acids is 1. The van der Waals surface area contributed by atoms with Gasteiger partial charge in [0.05, 0.1) is 0 Å². The third-order valence-corrected chi connectivity index (χ3v) is 4.70. The molecule has 0 N–H and O–H groups in total. The number of rotatable bonds is 7. The predicted molar refractivity (Wildman–Crippen MR) is 74.7 cm³/mol. The Balaban J connectivity index is 2.29.